The number of para-hydroxylation sites is 1. The van der Waals surface area contributed by atoms with E-state index in [0.29, 0.717) is 5.56 Å². The maximum Gasteiger partial charge on any atom is 0.278 e. The van der Waals surface area contributed by atoms with Crippen LogP contribution in [-0.4, -0.2) is 16.0 Å². The fourth-order valence-corrected chi connectivity index (χ4v) is 3.10. The number of hydrogen-bond acceptors (Lipinski definition) is 2. The lowest BCUT2D eigenvalue weighted by atomic mass is 10.0. The lowest BCUT2D eigenvalue weighted by Crippen LogP contribution is -2.16. The van der Waals surface area contributed by atoms with E-state index in [0.717, 1.165) is 34.6 Å². The number of benzene rings is 2. The molecule has 1 aliphatic heterocycles. The SMILES string of the molecule is CCc1ccc(-n2[nH]c(C)c(C=C3C=Nc4ccccc43)c2=O)cc1. The van der Waals surface area contributed by atoms with Gasteiger partial charge < -0.3 is 0 Å². The number of rotatable bonds is 3. The Kier molecular flexibility index (Phi) is 3.73. The van der Waals surface area contributed by atoms with Crippen LogP contribution in [0.25, 0.3) is 17.3 Å². The normalized spacial score (nSPS) is 14.2. The molecule has 0 spiro atoms. The van der Waals surface area contributed by atoms with Gasteiger partial charge >= 0.3 is 0 Å². The quantitative estimate of drug-likeness (QED) is 0.765. The van der Waals surface area contributed by atoms with Gasteiger partial charge in [-0.1, -0.05) is 37.3 Å². The lowest BCUT2D eigenvalue weighted by molar-refractivity contribution is 0.834. The van der Waals surface area contributed by atoms with E-state index >= 15 is 0 Å². The highest BCUT2D eigenvalue weighted by Crippen LogP contribution is 2.32. The molecule has 3 aromatic rings. The summed E-state index contributed by atoms with van der Waals surface area (Å²) in [5.74, 6) is 0. The van der Waals surface area contributed by atoms with Gasteiger partial charge in [0.25, 0.3) is 5.56 Å². The molecule has 0 saturated carbocycles. The number of aromatic nitrogens is 2. The molecule has 0 unspecified atom stereocenters. The Morgan fingerprint density at radius 3 is 2.64 bits per heavy atom. The summed E-state index contributed by atoms with van der Waals surface area (Å²) in [4.78, 5) is 17.3. The third-order valence-corrected chi connectivity index (χ3v) is 4.58. The summed E-state index contributed by atoms with van der Waals surface area (Å²) in [5.41, 5.74) is 6.51. The van der Waals surface area contributed by atoms with Gasteiger partial charge in [0, 0.05) is 23.0 Å². The highest BCUT2D eigenvalue weighted by Gasteiger charge is 2.15. The van der Waals surface area contributed by atoms with E-state index in [4.69, 9.17) is 0 Å². The second-order valence-corrected chi connectivity index (χ2v) is 6.19. The van der Waals surface area contributed by atoms with E-state index in [-0.39, 0.29) is 5.56 Å². The molecule has 4 nitrogen and oxygen atoms in total. The third-order valence-electron chi connectivity index (χ3n) is 4.58. The van der Waals surface area contributed by atoms with Gasteiger partial charge in [0.15, 0.2) is 0 Å². The van der Waals surface area contributed by atoms with E-state index in [1.54, 1.807) is 4.68 Å². The highest BCUT2D eigenvalue weighted by atomic mass is 16.1. The average molecular weight is 329 g/mol. The van der Waals surface area contributed by atoms with Crippen LogP contribution in [0, 0.1) is 6.92 Å². The van der Waals surface area contributed by atoms with Gasteiger partial charge in [-0.3, -0.25) is 14.9 Å². The van der Waals surface area contributed by atoms with E-state index < -0.39 is 0 Å². The Bertz CT molecular complexity index is 1050. The topological polar surface area (TPSA) is 50.1 Å². The molecule has 0 fully saturated rings. The first-order chi connectivity index (χ1) is 12.2. The summed E-state index contributed by atoms with van der Waals surface area (Å²) >= 11 is 0. The molecule has 1 aliphatic rings. The predicted molar refractivity (Wildman–Crippen MR) is 103 cm³/mol. The Hall–Kier alpha value is -3.14. The largest absolute Gasteiger partial charge is 0.295 e. The first kappa shape index (κ1) is 15.4. The van der Waals surface area contributed by atoms with Crippen molar-refractivity contribution >= 4 is 23.6 Å². The first-order valence-corrected chi connectivity index (χ1v) is 8.43. The van der Waals surface area contributed by atoms with Gasteiger partial charge in [-0.2, -0.15) is 0 Å². The molecule has 0 saturated heterocycles. The van der Waals surface area contributed by atoms with Crippen LogP contribution in [0.15, 0.2) is 58.3 Å². The Morgan fingerprint density at radius 2 is 1.88 bits per heavy atom. The van der Waals surface area contributed by atoms with E-state index in [2.05, 4.69) is 29.1 Å². The van der Waals surface area contributed by atoms with Crippen molar-refractivity contribution in [1.82, 2.24) is 9.78 Å². The molecule has 0 aliphatic carbocycles. The smallest absolute Gasteiger partial charge is 0.278 e. The summed E-state index contributed by atoms with van der Waals surface area (Å²) < 4.78 is 1.60. The Morgan fingerprint density at radius 1 is 1.12 bits per heavy atom. The van der Waals surface area contributed by atoms with E-state index in [1.807, 2.05) is 55.6 Å². The zero-order valence-electron chi connectivity index (χ0n) is 14.3. The van der Waals surface area contributed by atoms with Crippen molar-refractivity contribution < 1.29 is 0 Å². The van der Waals surface area contributed by atoms with Crippen LogP contribution in [0.2, 0.25) is 0 Å². The molecule has 0 radical (unpaired) electrons. The Balaban J connectivity index is 1.78. The van der Waals surface area contributed by atoms with Gasteiger partial charge in [0.05, 0.1) is 16.9 Å². The second kappa shape index (κ2) is 6.06. The van der Waals surface area contributed by atoms with Crippen LogP contribution in [0.5, 0.6) is 0 Å². The van der Waals surface area contributed by atoms with Gasteiger partial charge in [0.2, 0.25) is 0 Å². The molecule has 4 rings (SSSR count). The summed E-state index contributed by atoms with van der Waals surface area (Å²) in [6.07, 6.45) is 4.71. The van der Waals surface area contributed by atoms with Crippen LogP contribution in [-0.2, 0) is 6.42 Å². The first-order valence-electron chi connectivity index (χ1n) is 8.43. The molecule has 2 heterocycles. The monoisotopic (exact) mass is 329 g/mol. The number of nitrogens with zero attached hydrogens (tertiary/aromatic N) is 2. The van der Waals surface area contributed by atoms with Crippen molar-refractivity contribution in [3.63, 3.8) is 0 Å². The zero-order valence-corrected chi connectivity index (χ0v) is 14.3. The van der Waals surface area contributed by atoms with Crippen LogP contribution >= 0.6 is 0 Å². The molecular weight excluding hydrogens is 310 g/mol. The summed E-state index contributed by atoms with van der Waals surface area (Å²) in [5, 5.41) is 3.18. The van der Waals surface area contributed by atoms with Gasteiger partial charge in [-0.05, 0) is 43.2 Å². The molecule has 0 atom stereocenters. The number of hydrogen-bond donors (Lipinski definition) is 1. The predicted octanol–water partition coefficient (Wildman–Crippen LogP) is 4.29. The van der Waals surface area contributed by atoms with Crippen LogP contribution in [0.4, 0.5) is 5.69 Å². The second-order valence-electron chi connectivity index (χ2n) is 6.19. The van der Waals surface area contributed by atoms with Crippen molar-refractivity contribution in [2.75, 3.05) is 0 Å². The highest BCUT2D eigenvalue weighted by molar-refractivity contribution is 6.21. The van der Waals surface area contributed by atoms with Crippen molar-refractivity contribution in [3.05, 3.63) is 81.3 Å². The Labute approximate surface area is 146 Å². The number of aliphatic imine (C=N–C) groups is 1. The standard InChI is InChI=1S/C21H19N3O/c1-3-15-8-10-17(11-9-15)24-21(25)19(14(2)23-24)12-16-13-22-20-7-5-4-6-18(16)20/h4-13,23H,3H2,1-2H3. The van der Waals surface area contributed by atoms with Crippen molar-refractivity contribution in [2.45, 2.75) is 20.3 Å². The van der Waals surface area contributed by atoms with Crippen molar-refractivity contribution in [1.29, 1.82) is 0 Å². The molecule has 25 heavy (non-hydrogen) atoms. The van der Waals surface area contributed by atoms with Crippen LogP contribution in [0.1, 0.15) is 29.3 Å². The van der Waals surface area contributed by atoms with Gasteiger partial charge in [0.1, 0.15) is 0 Å². The molecule has 1 N–H and O–H groups in total. The number of aromatic amines is 1. The van der Waals surface area contributed by atoms with Gasteiger partial charge in [-0.15, -0.1) is 0 Å². The van der Waals surface area contributed by atoms with Crippen LogP contribution in [0.3, 0.4) is 0 Å². The molecule has 4 heteroatoms. The number of allylic oxidation sites excluding steroid dienone is 1. The molecule has 1 aromatic heterocycles. The minimum atomic E-state index is -0.0490. The van der Waals surface area contributed by atoms with Crippen LogP contribution < -0.4 is 5.56 Å². The number of H-pyrrole nitrogens is 1. The molecule has 0 amide bonds. The minimum Gasteiger partial charge on any atom is -0.295 e. The summed E-state index contributed by atoms with van der Waals surface area (Å²) in [7, 11) is 0. The van der Waals surface area contributed by atoms with E-state index in [9.17, 15) is 4.79 Å². The molecular formula is C21H19N3O. The fraction of sp³-hybridized carbons (Fsp3) is 0.143. The summed E-state index contributed by atoms with van der Waals surface area (Å²) in [6.45, 7) is 4.04. The van der Waals surface area contributed by atoms with E-state index in [1.165, 1.54) is 5.56 Å². The zero-order chi connectivity index (χ0) is 17.4. The molecule has 124 valence electrons. The van der Waals surface area contributed by atoms with Crippen molar-refractivity contribution in [3.8, 4) is 5.69 Å². The fourth-order valence-electron chi connectivity index (χ4n) is 3.10. The summed E-state index contributed by atoms with van der Waals surface area (Å²) in [6, 6.07) is 16.0. The maximum absolute atomic E-state index is 12.9. The third kappa shape index (κ3) is 2.66. The minimum absolute atomic E-state index is 0.0490. The number of fused-ring (bicyclic) bond motifs is 1. The average Bonchev–Trinajstić information content (AvgIpc) is 3.18. The lowest BCUT2D eigenvalue weighted by Gasteiger charge is -2.02. The molecule has 2 aromatic carbocycles. The number of aryl methyl sites for hydroxylation is 2. The van der Waals surface area contributed by atoms with Crippen molar-refractivity contribution in [2.24, 2.45) is 4.99 Å². The number of nitrogens with one attached hydrogen (secondary N) is 1. The molecule has 0 bridgehead atoms. The van der Waals surface area contributed by atoms with Gasteiger partial charge in [-0.25, -0.2) is 4.68 Å². The maximum atomic E-state index is 12.9.